The van der Waals surface area contributed by atoms with Crippen molar-refractivity contribution in [2.24, 2.45) is 5.92 Å². The molecule has 0 atom stereocenters. The van der Waals surface area contributed by atoms with E-state index < -0.39 is 0 Å². The fourth-order valence-corrected chi connectivity index (χ4v) is 2.92. The third kappa shape index (κ3) is 12.5. The zero-order valence-electron chi connectivity index (χ0n) is 13.2. The SMILES string of the molecule is [CH2]CCCCCCCCCCC(CCC)CCC. The molecule has 0 heterocycles. The van der Waals surface area contributed by atoms with Crippen molar-refractivity contribution in [3.63, 3.8) is 0 Å². The van der Waals surface area contributed by atoms with Crippen molar-refractivity contribution < 1.29 is 0 Å². The van der Waals surface area contributed by atoms with Crippen LogP contribution in [0.2, 0.25) is 0 Å². The highest BCUT2D eigenvalue weighted by molar-refractivity contribution is 4.59. The van der Waals surface area contributed by atoms with Gasteiger partial charge in [0.05, 0.1) is 0 Å². The Hall–Kier alpha value is 0. The number of unbranched alkanes of at least 4 members (excludes halogenated alkanes) is 8. The minimum Gasteiger partial charge on any atom is -0.0654 e. The molecule has 0 aliphatic heterocycles. The fraction of sp³-hybridized carbons (Fsp3) is 0.944. The van der Waals surface area contributed by atoms with Crippen molar-refractivity contribution in [1.82, 2.24) is 0 Å². The second-order valence-corrected chi connectivity index (χ2v) is 5.91. The van der Waals surface area contributed by atoms with Gasteiger partial charge < -0.3 is 0 Å². The minimum absolute atomic E-state index is 1.03. The molecule has 0 nitrogen and oxygen atoms in total. The van der Waals surface area contributed by atoms with Crippen LogP contribution in [-0.2, 0) is 0 Å². The maximum atomic E-state index is 3.89. The summed E-state index contributed by atoms with van der Waals surface area (Å²) in [7, 11) is 0. The third-order valence-corrected chi connectivity index (χ3v) is 4.01. The van der Waals surface area contributed by atoms with E-state index in [2.05, 4.69) is 20.8 Å². The summed E-state index contributed by atoms with van der Waals surface area (Å²) in [5.74, 6) is 1.03. The van der Waals surface area contributed by atoms with E-state index in [1.165, 1.54) is 83.5 Å². The third-order valence-electron chi connectivity index (χ3n) is 4.01. The quantitative estimate of drug-likeness (QED) is 0.294. The van der Waals surface area contributed by atoms with Crippen molar-refractivity contribution in [3.8, 4) is 0 Å². The van der Waals surface area contributed by atoms with Crippen LogP contribution in [0.15, 0.2) is 0 Å². The first-order valence-corrected chi connectivity index (χ1v) is 8.64. The summed E-state index contributed by atoms with van der Waals surface area (Å²) >= 11 is 0. The summed E-state index contributed by atoms with van der Waals surface area (Å²) in [4.78, 5) is 0. The largest absolute Gasteiger partial charge is 0.0654 e. The molecule has 0 unspecified atom stereocenters. The summed E-state index contributed by atoms with van der Waals surface area (Å²) < 4.78 is 0. The van der Waals surface area contributed by atoms with Crippen LogP contribution in [0.3, 0.4) is 0 Å². The molecule has 0 heteroatoms. The van der Waals surface area contributed by atoms with E-state index in [1.54, 1.807) is 0 Å². The van der Waals surface area contributed by atoms with Crippen LogP contribution < -0.4 is 0 Å². The van der Waals surface area contributed by atoms with Gasteiger partial charge in [-0.15, -0.1) is 0 Å². The highest BCUT2D eigenvalue weighted by Crippen LogP contribution is 2.21. The normalized spacial score (nSPS) is 11.3. The second kappa shape index (κ2) is 15.1. The molecule has 0 aromatic heterocycles. The Morgan fingerprint density at radius 3 is 1.50 bits per heavy atom. The van der Waals surface area contributed by atoms with Gasteiger partial charge in [-0.1, -0.05) is 111 Å². The van der Waals surface area contributed by atoms with Gasteiger partial charge in [0.25, 0.3) is 0 Å². The van der Waals surface area contributed by atoms with E-state index in [9.17, 15) is 0 Å². The fourth-order valence-electron chi connectivity index (χ4n) is 2.92. The number of rotatable bonds is 14. The van der Waals surface area contributed by atoms with Crippen LogP contribution in [0.4, 0.5) is 0 Å². The smallest absolute Gasteiger partial charge is 0.0414 e. The Kier molecular flexibility index (Phi) is 15.1. The van der Waals surface area contributed by atoms with Gasteiger partial charge in [0.2, 0.25) is 0 Å². The molecule has 0 aliphatic carbocycles. The maximum Gasteiger partial charge on any atom is -0.0414 e. The Morgan fingerprint density at radius 2 is 1.06 bits per heavy atom. The molecule has 18 heavy (non-hydrogen) atoms. The van der Waals surface area contributed by atoms with Crippen molar-refractivity contribution in [2.45, 2.75) is 104 Å². The van der Waals surface area contributed by atoms with Crippen LogP contribution >= 0.6 is 0 Å². The summed E-state index contributed by atoms with van der Waals surface area (Å²) in [6.45, 7) is 8.55. The zero-order valence-corrected chi connectivity index (χ0v) is 13.2. The zero-order chi connectivity index (χ0) is 13.5. The monoisotopic (exact) mass is 253 g/mol. The van der Waals surface area contributed by atoms with Gasteiger partial charge >= 0.3 is 0 Å². The molecule has 0 bridgehead atoms. The molecule has 109 valence electrons. The van der Waals surface area contributed by atoms with Gasteiger partial charge in [-0.25, -0.2) is 0 Å². The average molecular weight is 253 g/mol. The molecule has 0 amide bonds. The van der Waals surface area contributed by atoms with Crippen molar-refractivity contribution in [1.29, 1.82) is 0 Å². The van der Waals surface area contributed by atoms with Crippen LogP contribution in [0, 0.1) is 12.8 Å². The van der Waals surface area contributed by atoms with E-state index in [-0.39, 0.29) is 0 Å². The highest BCUT2D eigenvalue weighted by atomic mass is 14.1. The standard InChI is InChI=1S/C18H37/c1-4-7-8-9-10-11-12-13-14-17-18(15-5-2)16-6-3/h18H,1,4-17H2,2-3H3. The van der Waals surface area contributed by atoms with Crippen molar-refractivity contribution in [3.05, 3.63) is 6.92 Å². The number of hydrogen-bond donors (Lipinski definition) is 0. The summed E-state index contributed by atoms with van der Waals surface area (Å²) in [6, 6.07) is 0. The van der Waals surface area contributed by atoms with Gasteiger partial charge in [-0.3, -0.25) is 0 Å². The van der Waals surface area contributed by atoms with Crippen LogP contribution in [0.25, 0.3) is 0 Å². The topological polar surface area (TPSA) is 0 Å². The predicted molar refractivity (Wildman–Crippen MR) is 84.8 cm³/mol. The lowest BCUT2D eigenvalue weighted by Crippen LogP contribution is -1.99. The first-order valence-electron chi connectivity index (χ1n) is 8.64. The number of hydrogen-bond acceptors (Lipinski definition) is 0. The molecule has 1 radical (unpaired) electrons. The predicted octanol–water partition coefficient (Wildman–Crippen LogP) is 6.94. The Morgan fingerprint density at radius 1 is 0.611 bits per heavy atom. The molecule has 0 aromatic rings. The van der Waals surface area contributed by atoms with E-state index >= 15 is 0 Å². The summed E-state index contributed by atoms with van der Waals surface area (Å²) in [5.41, 5.74) is 0. The second-order valence-electron chi connectivity index (χ2n) is 5.91. The van der Waals surface area contributed by atoms with Gasteiger partial charge in [0.1, 0.15) is 0 Å². The summed E-state index contributed by atoms with van der Waals surface area (Å²) in [6.07, 6.45) is 19.8. The van der Waals surface area contributed by atoms with Gasteiger partial charge in [0, 0.05) is 0 Å². The first-order chi connectivity index (χ1) is 8.85. The average Bonchev–Trinajstić information content (AvgIpc) is 2.37. The first kappa shape index (κ1) is 18.0. The van der Waals surface area contributed by atoms with Crippen LogP contribution in [0.1, 0.15) is 104 Å². The molecule has 0 spiro atoms. The lowest BCUT2D eigenvalue weighted by molar-refractivity contribution is 0.390. The van der Waals surface area contributed by atoms with Gasteiger partial charge in [-0.05, 0) is 5.92 Å². The molecule has 0 aliphatic rings. The van der Waals surface area contributed by atoms with Gasteiger partial charge in [-0.2, -0.15) is 0 Å². The Balaban J connectivity index is 3.21. The lowest BCUT2D eigenvalue weighted by Gasteiger charge is -2.14. The minimum atomic E-state index is 1.03. The summed E-state index contributed by atoms with van der Waals surface area (Å²) in [5, 5.41) is 0. The Bertz CT molecular complexity index is 133. The van der Waals surface area contributed by atoms with Crippen LogP contribution in [0.5, 0.6) is 0 Å². The van der Waals surface area contributed by atoms with E-state index in [0.29, 0.717) is 0 Å². The molecule has 0 saturated carbocycles. The molecule has 0 fully saturated rings. The van der Waals surface area contributed by atoms with Crippen LogP contribution in [-0.4, -0.2) is 0 Å². The molecule has 0 N–H and O–H groups in total. The molecule has 0 saturated heterocycles. The molecular weight excluding hydrogens is 216 g/mol. The van der Waals surface area contributed by atoms with Gasteiger partial charge in [0.15, 0.2) is 0 Å². The van der Waals surface area contributed by atoms with E-state index in [0.717, 1.165) is 12.3 Å². The molecule has 0 aromatic carbocycles. The lowest BCUT2D eigenvalue weighted by atomic mass is 9.92. The molecular formula is C18H37. The van der Waals surface area contributed by atoms with E-state index in [1.807, 2.05) is 0 Å². The van der Waals surface area contributed by atoms with Crippen molar-refractivity contribution >= 4 is 0 Å². The highest BCUT2D eigenvalue weighted by Gasteiger charge is 2.05. The maximum absolute atomic E-state index is 3.89. The van der Waals surface area contributed by atoms with Crippen molar-refractivity contribution in [2.75, 3.05) is 0 Å². The molecule has 0 rings (SSSR count). The Labute approximate surface area is 117 Å². The van der Waals surface area contributed by atoms with E-state index in [4.69, 9.17) is 0 Å².